The number of fused-ring (bicyclic) bond motifs is 8. The summed E-state index contributed by atoms with van der Waals surface area (Å²) in [4.78, 5) is 8.52. The Kier molecular flexibility index (Phi) is 9.58. The number of nitrogens with one attached hydrogen (secondary N) is 1. The predicted octanol–water partition coefficient (Wildman–Crippen LogP) is 13.1. The molecular weight excluding hydrogens is 777 g/mol. The van der Waals surface area contributed by atoms with E-state index < -0.39 is 0 Å². The number of anilines is 1. The molecule has 9 atom stereocenters. The van der Waals surface area contributed by atoms with Crippen LogP contribution in [-0.4, -0.2) is 22.4 Å². The summed E-state index contributed by atoms with van der Waals surface area (Å²) in [6.07, 6.45) is 66.2. The van der Waals surface area contributed by atoms with Crippen LogP contribution in [0.15, 0.2) is 202 Å². The quantitative estimate of drug-likeness (QED) is 0.314. The summed E-state index contributed by atoms with van der Waals surface area (Å²) in [5, 5.41) is 4.16. The minimum Gasteiger partial charge on any atom is -0.334 e. The second kappa shape index (κ2) is 15.9. The molecule has 0 bridgehead atoms. The highest BCUT2D eigenvalue weighted by atomic mass is 15.3. The van der Waals surface area contributed by atoms with Gasteiger partial charge in [-0.25, -0.2) is 4.99 Å². The van der Waals surface area contributed by atoms with Gasteiger partial charge in [0.05, 0.1) is 11.8 Å². The fourth-order valence-electron chi connectivity index (χ4n) is 13.0. The average molecular weight is 835 g/mol. The Morgan fingerprint density at radius 3 is 2.48 bits per heavy atom. The highest BCUT2D eigenvalue weighted by Gasteiger charge is 2.43. The zero-order valence-corrected chi connectivity index (χ0v) is 36.8. The zero-order valence-electron chi connectivity index (χ0n) is 36.8. The molecule has 1 N–H and O–H groups in total. The van der Waals surface area contributed by atoms with Crippen LogP contribution in [0.5, 0.6) is 0 Å². The largest absolute Gasteiger partial charge is 0.334 e. The molecular formula is C60H58N4. The molecule has 3 heterocycles. The Labute approximate surface area is 379 Å². The highest BCUT2D eigenvalue weighted by molar-refractivity contribution is 6.14. The van der Waals surface area contributed by atoms with Crippen molar-refractivity contribution in [3.8, 4) is 0 Å². The summed E-state index contributed by atoms with van der Waals surface area (Å²) in [5.41, 5.74) is 18.3. The second-order valence-corrected chi connectivity index (χ2v) is 19.8. The number of aromatic nitrogens is 1. The van der Waals surface area contributed by atoms with E-state index in [0.29, 0.717) is 41.5 Å². The Hall–Kier alpha value is -5.97. The normalized spacial score (nSPS) is 32.7. The lowest BCUT2D eigenvalue weighted by atomic mass is 9.74. The van der Waals surface area contributed by atoms with Crippen molar-refractivity contribution in [2.24, 2.45) is 40.5 Å². The lowest BCUT2D eigenvalue weighted by molar-refractivity contribution is 0.349. The monoisotopic (exact) mass is 834 g/mol. The van der Waals surface area contributed by atoms with E-state index in [1.807, 2.05) is 0 Å². The molecule has 4 heteroatoms. The van der Waals surface area contributed by atoms with Crippen molar-refractivity contribution in [1.29, 1.82) is 0 Å². The molecule has 9 aliphatic carbocycles. The van der Waals surface area contributed by atoms with Crippen LogP contribution in [0.4, 0.5) is 5.69 Å². The molecule has 1 aromatic carbocycles. The van der Waals surface area contributed by atoms with Gasteiger partial charge < -0.3 is 9.47 Å². The summed E-state index contributed by atoms with van der Waals surface area (Å²) < 4.78 is 2.61. The van der Waals surface area contributed by atoms with Gasteiger partial charge >= 0.3 is 0 Å². The van der Waals surface area contributed by atoms with E-state index in [2.05, 4.69) is 185 Å². The van der Waals surface area contributed by atoms with Gasteiger partial charge in [-0.05, 0) is 163 Å². The van der Waals surface area contributed by atoms with Crippen LogP contribution in [0.1, 0.15) is 80.2 Å². The number of rotatable bonds is 6. The van der Waals surface area contributed by atoms with Gasteiger partial charge in [0.15, 0.2) is 6.29 Å². The average Bonchev–Trinajstić information content (AvgIpc) is 3.88. The van der Waals surface area contributed by atoms with Crippen LogP contribution in [0, 0.1) is 35.5 Å². The molecule has 0 saturated carbocycles. The predicted molar refractivity (Wildman–Crippen MR) is 265 cm³/mol. The summed E-state index contributed by atoms with van der Waals surface area (Å²) in [7, 11) is 0. The molecule has 13 rings (SSSR count). The summed E-state index contributed by atoms with van der Waals surface area (Å²) >= 11 is 0. The third-order valence-electron chi connectivity index (χ3n) is 16.2. The van der Waals surface area contributed by atoms with E-state index in [4.69, 9.17) is 4.99 Å². The fourth-order valence-corrected chi connectivity index (χ4v) is 13.0. The van der Waals surface area contributed by atoms with Crippen molar-refractivity contribution < 1.29 is 0 Å². The second-order valence-electron chi connectivity index (χ2n) is 19.8. The van der Waals surface area contributed by atoms with Gasteiger partial charge in [-0.3, -0.25) is 5.32 Å². The first kappa shape index (κ1) is 38.5. The van der Waals surface area contributed by atoms with Gasteiger partial charge in [-0.1, -0.05) is 140 Å². The number of benzene rings is 1. The van der Waals surface area contributed by atoms with Gasteiger partial charge in [0.1, 0.15) is 0 Å². The van der Waals surface area contributed by atoms with Crippen LogP contribution in [0.3, 0.4) is 0 Å². The van der Waals surface area contributed by atoms with Crippen LogP contribution < -0.4 is 10.2 Å². The van der Waals surface area contributed by atoms with E-state index in [9.17, 15) is 0 Å². The smallest absolute Gasteiger partial charge is 0.181 e. The van der Waals surface area contributed by atoms with E-state index in [0.717, 1.165) is 57.8 Å². The van der Waals surface area contributed by atoms with Crippen LogP contribution >= 0.6 is 0 Å². The standard InChI is InChI=1S/C60H58N4/c1-3-15-39(16-4-1)45-34-46(42-28-27-40-17-7-8-18-41(40)33-42)36-47(35-45)59-52-23-9-12-24-54(52)61-60(62-59)64-56-26-14-11-22-50(56)53-37-43(30-32-57(53)64)44-29-31-51-49-21-10-13-25-55(49)63(58(51)38-44)48-19-5-2-6-20-48/h1-8,10,13-15,17-21,23,25-26,28,30-34,36,38-40,43-45,49,54-55,60-61H,9,11-12,16,22,24,27,29,35,37H2. The lowest BCUT2D eigenvalue weighted by Crippen LogP contribution is -2.45. The summed E-state index contributed by atoms with van der Waals surface area (Å²) in [6.45, 7) is 0. The molecule has 4 nitrogen and oxygen atoms in total. The van der Waals surface area contributed by atoms with Crippen molar-refractivity contribution in [3.05, 3.63) is 220 Å². The van der Waals surface area contributed by atoms with E-state index in [1.165, 1.54) is 68.3 Å². The summed E-state index contributed by atoms with van der Waals surface area (Å²) in [5.74, 6) is 2.70. The number of hydrogen-bond acceptors (Lipinski definition) is 3. The Balaban J connectivity index is 0.865. The Bertz CT molecular complexity index is 2800. The number of hydrogen-bond donors (Lipinski definition) is 1. The van der Waals surface area contributed by atoms with Crippen molar-refractivity contribution in [3.63, 3.8) is 0 Å². The Morgan fingerprint density at radius 1 is 0.641 bits per heavy atom. The van der Waals surface area contributed by atoms with Crippen molar-refractivity contribution >= 4 is 23.6 Å². The van der Waals surface area contributed by atoms with Crippen molar-refractivity contribution in [1.82, 2.24) is 9.88 Å². The van der Waals surface area contributed by atoms with Crippen LogP contribution in [-0.2, 0) is 12.8 Å². The van der Waals surface area contributed by atoms with Crippen molar-refractivity contribution in [2.45, 2.75) is 82.6 Å². The molecule has 0 amide bonds. The summed E-state index contributed by atoms with van der Waals surface area (Å²) in [6, 6.07) is 11.7. The molecule has 9 unspecified atom stereocenters. The minimum absolute atomic E-state index is 0.163. The molecule has 2 aromatic rings. The molecule has 0 spiro atoms. The molecule has 1 aromatic heterocycles. The van der Waals surface area contributed by atoms with Gasteiger partial charge in [0.2, 0.25) is 0 Å². The molecule has 1 fully saturated rings. The maximum Gasteiger partial charge on any atom is 0.181 e. The van der Waals surface area contributed by atoms with Gasteiger partial charge in [0, 0.05) is 40.6 Å². The maximum atomic E-state index is 5.91. The lowest BCUT2D eigenvalue weighted by Gasteiger charge is -2.38. The first-order valence-corrected chi connectivity index (χ1v) is 24.5. The van der Waals surface area contributed by atoms with E-state index in [1.54, 1.807) is 11.1 Å². The number of para-hydroxylation sites is 1. The van der Waals surface area contributed by atoms with Crippen molar-refractivity contribution in [2.75, 3.05) is 4.90 Å². The maximum absolute atomic E-state index is 5.91. The number of aliphatic imine (C=N–C) groups is 1. The third-order valence-corrected chi connectivity index (χ3v) is 16.2. The molecule has 64 heavy (non-hydrogen) atoms. The highest BCUT2D eigenvalue weighted by Crippen LogP contribution is 2.49. The first-order chi connectivity index (χ1) is 31.7. The fraction of sp³-hybridized carbons (Fsp3) is 0.317. The van der Waals surface area contributed by atoms with Gasteiger partial charge in [-0.2, -0.15) is 0 Å². The first-order valence-electron chi connectivity index (χ1n) is 24.5. The number of allylic oxidation sites excluding steroid dienone is 24. The van der Waals surface area contributed by atoms with Gasteiger partial charge in [0.25, 0.3) is 0 Å². The topological polar surface area (TPSA) is 32.6 Å². The van der Waals surface area contributed by atoms with Gasteiger partial charge in [-0.15, -0.1) is 0 Å². The third kappa shape index (κ3) is 6.54. The molecule has 2 aliphatic heterocycles. The molecule has 11 aliphatic rings. The number of nitrogens with zero attached hydrogens (tertiary/aromatic N) is 3. The van der Waals surface area contributed by atoms with E-state index in [-0.39, 0.29) is 12.3 Å². The Morgan fingerprint density at radius 2 is 1.55 bits per heavy atom. The minimum atomic E-state index is -0.163. The molecule has 0 radical (unpaired) electrons. The molecule has 1 saturated heterocycles. The van der Waals surface area contributed by atoms with E-state index >= 15 is 0 Å². The van der Waals surface area contributed by atoms with Crippen LogP contribution in [0.2, 0.25) is 0 Å². The zero-order chi connectivity index (χ0) is 42.1. The molecule has 318 valence electrons. The van der Waals surface area contributed by atoms with Crippen LogP contribution in [0.25, 0.3) is 12.2 Å². The SMILES string of the molecule is C1=CCC(C2C=C(C3=CCC4C=CC=CC4=C3)C=C(C3=NC(n4c5c(c6c4C=CC(C4C=C7C(=CC4)C4C=CC=CC4N7c4ccccc4)C6)CCC=C5)NC4CCCC=C34)C2)C=C1.